The maximum Gasteiger partial charge on any atom is 0.158 e. The number of halogens is 1. The molecule has 0 aliphatic carbocycles. The summed E-state index contributed by atoms with van der Waals surface area (Å²) < 4.78 is 0.440. The molecule has 3 N–H and O–H groups in total. The predicted octanol–water partition coefficient (Wildman–Crippen LogP) is 0.0713. The molecule has 0 radical (unpaired) electrons. The molecule has 3 nitrogen and oxygen atoms in total. The fourth-order valence-corrected chi connectivity index (χ4v) is 0.817. The summed E-state index contributed by atoms with van der Waals surface area (Å²) in [5.41, 5.74) is 0. The van der Waals surface area contributed by atoms with E-state index in [1.807, 2.05) is 6.92 Å². The molecule has 0 saturated heterocycles. The van der Waals surface area contributed by atoms with Crippen molar-refractivity contribution in [2.24, 2.45) is 10.9 Å². The van der Waals surface area contributed by atoms with E-state index in [4.69, 9.17) is 5.84 Å². The van der Waals surface area contributed by atoms with Gasteiger partial charge in [0.05, 0.1) is 0 Å². The molecule has 0 aliphatic heterocycles. The molecule has 1 atom stereocenters. The molecule has 5 heteroatoms. The topological polar surface area (TPSA) is 50.4 Å². The number of nitrogens with one attached hydrogen (secondary N) is 1. The largest absolute Gasteiger partial charge is 0.368 e. The van der Waals surface area contributed by atoms with E-state index in [-0.39, 0.29) is 0 Å². The van der Waals surface area contributed by atoms with Crippen molar-refractivity contribution in [1.82, 2.24) is 5.32 Å². The van der Waals surface area contributed by atoms with Crippen molar-refractivity contribution in [2.75, 3.05) is 0 Å². The van der Waals surface area contributed by atoms with Crippen LogP contribution in [0.5, 0.6) is 0 Å². The predicted molar refractivity (Wildman–Crippen MR) is 51.3 cm³/mol. The highest BCUT2D eigenvalue weighted by Gasteiger charge is 1.99. The third-order valence-electron chi connectivity index (χ3n) is 0.918. The van der Waals surface area contributed by atoms with E-state index in [1.165, 1.54) is 0 Å². The van der Waals surface area contributed by atoms with Gasteiger partial charge in [-0.3, -0.25) is 0 Å². The summed E-state index contributed by atoms with van der Waals surface area (Å²) in [6.07, 6.45) is 0. The summed E-state index contributed by atoms with van der Waals surface area (Å²) in [6, 6.07) is 0. The summed E-state index contributed by atoms with van der Waals surface area (Å²) >= 11 is 2.30. The Morgan fingerprint density at radius 3 is 2.78 bits per heavy atom. The zero-order valence-corrected chi connectivity index (χ0v) is 7.84. The molecule has 0 spiro atoms. The van der Waals surface area contributed by atoms with Gasteiger partial charge in [0.25, 0.3) is 0 Å². The van der Waals surface area contributed by atoms with E-state index >= 15 is 0 Å². The molecule has 0 rings (SSSR count). The lowest BCUT2D eigenvalue weighted by Crippen LogP contribution is -2.32. The fraction of sp³-hybridized carbons (Fsp3) is 0.750. The highest BCUT2D eigenvalue weighted by molar-refractivity contribution is 14.1. The number of hydrazone groups is 1. The first kappa shape index (κ1) is 9.06. The number of hydrogen-bond donors (Lipinski definition) is 2. The Morgan fingerprint density at radius 2 is 2.44 bits per heavy atom. The van der Waals surface area contributed by atoms with Crippen molar-refractivity contribution in [1.29, 1.82) is 0 Å². The summed E-state index contributed by atoms with van der Waals surface area (Å²) in [5.74, 6) is 5.79. The standard InChI is InChI=1S/C4H11BIN3/c1-3(9-7)8-4(6)5-2/h4-5H,7H2,1-2H3,(H,8,9). The molecule has 0 fully saturated rings. The van der Waals surface area contributed by atoms with Gasteiger partial charge in [0.2, 0.25) is 0 Å². The zero-order valence-electron chi connectivity index (χ0n) is 5.69. The normalized spacial score (nSPS) is 14.8. The van der Waals surface area contributed by atoms with Gasteiger partial charge in [-0.2, -0.15) is 5.10 Å². The van der Waals surface area contributed by atoms with Crippen LogP contribution < -0.4 is 11.2 Å². The van der Waals surface area contributed by atoms with Crippen LogP contribution in [0.3, 0.4) is 0 Å². The lowest BCUT2D eigenvalue weighted by molar-refractivity contribution is 1.04. The van der Waals surface area contributed by atoms with Gasteiger partial charge in [-0.25, -0.2) is 0 Å². The average molecular weight is 239 g/mol. The minimum absolute atomic E-state index is 0.440. The van der Waals surface area contributed by atoms with Crippen molar-refractivity contribution >= 4 is 35.7 Å². The monoisotopic (exact) mass is 239 g/mol. The number of amidine groups is 1. The molecular weight excluding hydrogens is 228 g/mol. The number of hydrogen-bond acceptors (Lipinski definition) is 2. The van der Waals surface area contributed by atoms with Gasteiger partial charge in [0.1, 0.15) is 5.84 Å². The van der Waals surface area contributed by atoms with Crippen LogP contribution in [-0.4, -0.2) is 17.1 Å². The molecule has 1 unspecified atom stereocenters. The van der Waals surface area contributed by atoms with Crippen molar-refractivity contribution in [2.45, 2.75) is 17.7 Å². The first-order valence-corrected chi connectivity index (χ1v) is 4.10. The summed E-state index contributed by atoms with van der Waals surface area (Å²) in [6.45, 7) is 3.95. The van der Waals surface area contributed by atoms with Crippen molar-refractivity contribution in [3.63, 3.8) is 0 Å². The molecule has 0 bridgehead atoms. The molecule has 0 saturated carbocycles. The Hall–Kier alpha value is 0.0649. The summed E-state index contributed by atoms with van der Waals surface area (Å²) in [5, 5.41) is 6.57. The summed E-state index contributed by atoms with van der Waals surface area (Å²) in [7, 11) is 1.08. The van der Waals surface area contributed by atoms with Crippen LogP contribution in [-0.2, 0) is 0 Å². The highest BCUT2D eigenvalue weighted by atomic mass is 127. The van der Waals surface area contributed by atoms with Crippen LogP contribution in [0, 0.1) is 0 Å². The molecule has 0 amide bonds. The SMILES string of the molecule is CBC(I)N/C(C)=N\N. The minimum Gasteiger partial charge on any atom is -0.368 e. The van der Waals surface area contributed by atoms with Gasteiger partial charge >= 0.3 is 0 Å². The van der Waals surface area contributed by atoms with E-state index < -0.39 is 0 Å². The van der Waals surface area contributed by atoms with E-state index in [1.54, 1.807) is 0 Å². The second-order valence-corrected chi connectivity index (χ2v) is 3.24. The Kier molecular flexibility index (Phi) is 4.93. The van der Waals surface area contributed by atoms with Crippen molar-refractivity contribution < 1.29 is 0 Å². The van der Waals surface area contributed by atoms with Gasteiger partial charge in [-0.15, -0.1) is 0 Å². The quantitative estimate of drug-likeness (QED) is 0.105. The first-order valence-electron chi connectivity index (χ1n) is 2.85. The Balaban J connectivity index is 3.47. The van der Waals surface area contributed by atoms with Crippen LogP contribution in [0.15, 0.2) is 5.10 Å². The van der Waals surface area contributed by atoms with Gasteiger partial charge in [0, 0.05) is 3.95 Å². The third kappa shape index (κ3) is 4.56. The molecule has 0 aromatic heterocycles. The smallest absolute Gasteiger partial charge is 0.158 e. The maximum atomic E-state index is 5.00. The second-order valence-electron chi connectivity index (χ2n) is 1.73. The van der Waals surface area contributed by atoms with Gasteiger partial charge in [0.15, 0.2) is 7.28 Å². The molecule has 52 valence electrons. The second kappa shape index (κ2) is 4.90. The first-order chi connectivity index (χ1) is 4.20. The third-order valence-corrected chi connectivity index (χ3v) is 2.11. The van der Waals surface area contributed by atoms with Gasteiger partial charge < -0.3 is 11.2 Å². The lowest BCUT2D eigenvalue weighted by atomic mass is 9.83. The molecule has 0 heterocycles. The van der Waals surface area contributed by atoms with Crippen LogP contribution in [0.1, 0.15) is 6.92 Å². The van der Waals surface area contributed by atoms with E-state index in [0.717, 1.165) is 13.1 Å². The number of nitrogens with zero attached hydrogens (tertiary/aromatic N) is 1. The number of nitrogens with two attached hydrogens (primary N) is 1. The van der Waals surface area contributed by atoms with Crippen LogP contribution in [0.25, 0.3) is 0 Å². The van der Waals surface area contributed by atoms with Gasteiger partial charge in [-0.05, 0) is 6.92 Å². The number of alkyl halides is 1. The highest BCUT2D eigenvalue weighted by Crippen LogP contribution is 1.91. The Morgan fingerprint density at radius 1 is 1.89 bits per heavy atom. The molecule has 0 aromatic rings. The maximum absolute atomic E-state index is 5.00. The zero-order chi connectivity index (χ0) is 7.28. The minimum atomic E-state index is 0.440. The van der Waals surface area contributed by atoms with Crippen LogP contribution in [0.2, 0.25) is 6.82 Å². The van der Waals surface area contributed by atoms with Crippen LogP contribution in [0.4, 0.5) is 0 Å². The van der Waals surface area contributed by atoms with E-state index in [0.29, 0.717) is 3.95 Å². The van der Waals surface area contributed by atoms with Crippen LogP contribution >= 0.6 is 22.6 Å². The molecular formula is C4H11BIN3. The van der Waals surface area contributed by atoms with E-state index in [9.17, 15) is 0 Å². The molecule has 9 heavy (non-hydrogen) atoms. The van der Waals surface area contributed by atoms with Gasteiger partial charge in [-0.1, -0.05) is 29.4 Å². The van der Waals surface area contributed by atoms with Crippen molar-refractivity contribution in [3.8, 4) is 0 Å². The molecule has 0 aliphatic rings. The summed E-state index contributed by atoms with van der Waals surface area (Å²) in [4.78, 5) is 0. The average Bonchev–Trinajstić information content (AvgIpc) is 1.87. The van der Waals surface area contributed by atoms with E-state index in [2.05, 4.69) is 39.8 Å². The lowest BCUT2D eigenvalue weighted by Gasteiger charge is -2.07. The number of rotatable bonds is 2. The Bertz CT molecular complexity index is 106. The Labute approximate surface area is 69.8 Å². The molecule has 0 aromatic carbocycles. The fourth-order valence-electron chi connectivity index (χ4n) is 0.366. The van der Waals surface area contributed by atoms with Crippen molar-refractivity contribution in [3.05, 3.63) is 0 Å².